The minimum atomic E-state index is 0.255. The third-order valence-electron chi connectivity index (χ3n) is 2.28. The van der Waals surface area contributed by atoms with E-state index in [1.54, 1.807) is 6.08 Å². The Morgan fingerprint density at radius 3 is 3.09 bits per heavy atom. The Morgan fingerprint density at radius 2 is 2.27 bits per heavy atom. The van der Waals surface area contributed by atoms with Crippen molar-refractivity contribution in [2.24, 2.45) is 0 Å². The molecule has 0 radical (unpaired) electrons. The van der Waals surface area contributed by atoms with Crippen LogP contribution in [-0.4, -0.2) is 10.6 Å². The first kappa shape index (κ1) is 7.29. The second kappa shape index (κ2) is 2.59. The Labute approximate surface area is 74.3 Å². The molecule has 2 aliphatic carbocycles. The number of allylic oxidation sites excluding steroid dienone is 4. The van der Waals surface area contributed by atoms with Crippen LogP contribution in [0.25, 0.3) is 0 Å². The van der Waals surface area contributed by atoms with Gasteiger partial charge in [0.25, 0.3) is 0 Å². The molecule has 0 aromatic heterocycles. The molecule has 2 rings (SSSR count). The molecule has 1 atom stereocenters. The first-order chi connectivity index (χ1) is 5.27. The maximum absolute atomic E-state index is 11.0. The van der Waals surface area contributed by atoms with Gasteiger partial charge in [-0.1, -0.05) is 27.6 Å². The van der Waals surface area contributed by atoms with Crippen LogP contribution >= 0.6 is 15.9 Å². The van der Waals surface area contributed by atoms with Crippen LogP contribution in [-0.2, 0) is 4.79 Å². The van der Waals surface area contributed by atoms with E-state index in [0.717, 1.165) is 12.8 Å². The third-order valence-corrected chi connectivity index (χ3v) is 3.23. The molecule has 0 aliphatic heterocycles. The monoisotopic (exact) mass is 212 g/mol. The van der Waals surface area contributed by atoms with Gasteiger partial charge in [-0.25, -0.2) is 0 Å². The zero-order valence-corrected chi connectivity index (χ0v) is 7.73. The predicted molar refractivity (Wildman–Crippen MR) is 47.7 cm³/mol. The largest absolute Gasteiger partial charge is 0.294 e. The number of ketones is 1. The van der Waals surface area contributed by atoms with Crippen molar-refractivity contribution in [3.8, 4) is 0 Å². The normalized spacial score (nSPS) is 29.5. The Hall–Kier alpha value is -0.370. The van der Waals surface area contributed by atoms with Gasteiger partial charge < -0.3 is 0 Å². The Morgan fingerprint density at radius 1 is 1.45 bits per heavy atom. The van der Waals surface area contributed by atoms with Crippen molar-refractivity contribution in [2.75, 3.05) is 0 Å². The molecule has 1 unspecified atom stereocenters. The second-order valence-electron chi connectivity index (χ2n) is 3.04. The number of carbonyl (C=O) groups excluding carboxylic acids is 1. The first-order valence-electron chi connectivity index (χ1n) is 3.84. The van der Waals surface area contributed by atoms with Crippen molar-refractivity contribution in [1.29, 1.82) is 0 Å². The number of carbonyl (C=O) groups is 1. The highest BCUT2D eigenvalue weighted by Crippen LogP contribution is 2.36. The van der Waals surface area contributed by atoms with E-state index in [1.165, 1.54) is 11.1 Å². The van der Waals surface area contributed by atoms with E-state index < -0.39 is 0 Å². The number of hydrogen-bond acceptors (Lipinski definition) is 1. The van der Waals surface area contributed by atoms with Gasteiger partial charge in [0.15, 0.2) is 5.78 Å². The fourth-order valence-corrected chi connectivity index (χ4v) is 2.39. The van der Waals surface area contributed by atoms with Crippen LogP contribution < -0.4 is 0 Å². The van der Waals surface area contributed by atoms with Gasteiger partial charge in [0.2, 0.25) is 0 Å². The lowest BCUT2D eigenvalue weighted by Crippen LogP contribution is -2.02. The molecule has 11 heavy (non-hydrogen) atoms. The van der Waals surface area contributed by atoms with Crippen molar-refractivity contribution in [2.45, 2.75) is 24.1 Å². The molecule has 0 bridgehead atoms. The molecule has 0 N–H and O–H groups in total. The van der Waals surface area contributed by atoms with Gasteiger partial charge >= 0.3 is 0 Å². The molecule has 0 saturated carbocycles. The maximum Gasteiger partial charge on any atom is 0.159 e. The van der Waals surface area contributed by atoms with Gasteiger partial charge in [-0.3, -0.25) is 4.79 Å². The highest BCUT2D eigenvalue weighted by atomic mass is 79.9. The van der Waals surface area contributed by atoms with Gasteiger partial charge in [0.1, 0.15) is 0 Å². The molecule has 0 amide bonds. The summed E-state index contributed by atoms with van der Waals surface area (Å²) in [6, 6.07) is 0. The molecule has 0 saturated heterocycles. The van der Waals surface area contributed by atoms with E-state index in [-0.39, 0.29) is 5.78 Å². The topological polar surface area (TPSA) is 17.1 Å². The van der Waals surface area contributed by atoms with Crippen LogP contribution in [0.3, 0.4) is 0 Å². The van der Waals surface area contributed by atoms with Crippen molar-refractivity contribution >= 4 is 21.7 Å². The van der Waals surface area contributed by atoms with Crippen LogP contribution in [0.5, 0.6) is 0 Å². The minimum absolute atomic E-state index is 0.255. The second-order valence-corrected chi connectivity index (χ2v) is 4.15. The summed E-state index contributed by atoms with van der Waals surface area (Å²) in [6.45, 7) is 0. The summed E-state index contributed by atoms with van der Waals surface area (Å²) in [6.07, 6.45) is 6.57. The molecule has 2 heteroatoms. The summed E-state index contributed by atoms with van der Waals surface area (Å²) in [5.41, 5.74) is 2.70. The van der Waals surface area contributed by atoms with Crippen molar-refractivity contribution in [1.82, 2.24) is 0 Å². The zero-order chi connectivity index (χ0) is 7.84. The van der Waals surface area contributed by atoms with Gasteiger partial charge in [0, 0.05) is 11.2 Å². The third kappa shape index (κ3) is 1.20. The fourth-order valence-electron chi connectivity index (χ4n) is 1.69. The predicted octanol–water partition coefficient (Wildman–Crippen LogP) is 2.37. The highest BCUT2D eigenvalue weighted by molar-refractivity contribution is 9.09. The van der Waals surface area contributed by atoms with E-state index >= 15 is 0 Å². The van der Waals surface area contributed by atoms with Crippen LogP contribution in [0.15, 0.2) is 23.3 Å². The van der Waals surface area contributed by atoms with E-state index in [4.69, 9.17) is 0 Å². The molecule has 0 heterocycles. The average molecular weight is 213 g/mol. The maximum atomic E-state index is 11.0. The molecule has 0 aromatic rings. The van der Waals surface area contributed by atoms with Crippen LogP contribution in [0.2, 0.25) is 0 Å². The molecule has 1 nitrogen and oxygen atoms in total. The summed E-state index contributed by atoms with van der Waals surface area (Å²) in [5, 5.41) is 0. The van der Waals surface area contributed by atoms with Crippen molar-refractivity contribution in [3.05, 3.63) is 23.3 Å². The number of alkyl halides is 1. The highest BCUT2D eigenvalue weighted by Gasteiger charge is 2.24. The molecular weight excluding hydrogens is 204 g/mol. The van der Waals surface area contributed by atoms with Gasteiger partial charge in [-0.2, -0.15) is 0 Å². The molecule has 2 aliphatic rings. The lowest BCUT2D eigenvalue weighted by atomic mass is 10.00. The molecule has 0 spiro atoms. The average Bonchev–Trinajstić information content (AvgIpc) is 2.32. The Kier molecular flexibility index (Phi) is 1.72. The lowest BCUT2D eigenvalue weighted by Gasteiger charge is -2.08. The van der Waals surface area contributed by atoms with Crippen LogP contribution in [0, 0.1) is 0 Å². The quantitative estimate of drug-likeness (QED) is 0.564. The molecular formula is C9H9BrO. The van der Waals surface area contributed by atoms with Gasteiger partial charge in [0.05, 0.1) is 0 Å². The van der Waals surface area contributed by atoms with E-state index in [2.05, 4.69) is 15.9 Å². The molecule has 0 fully saturated rings. The summed E-state index contributed by atoms with van der Waals surface area (Å²) in [7, 11) is 0. The smallest absolute Gasteiger partial charge is 0.159 e. The first-order valence-corrected chi connectivity index (χ1v) is 4.76. The Balaban J connectivity index is 2.32. The summed E-state index contributed by atoms with van der Waals surface area (Å²) < 4.78 is 0. The van der Waals surface area contributed by atoms with Crippen molar-refractivity contribution in [3.63, 3.8) is 0 Å². The fraction of sp³-hybridized carbons (Fsp3) is 0.444. The van der Waals surface area contributed by atoms with Crippen LogP contribution in [0.4, 0.5) is 0 Å². The SMILES string of the molecule is O=C1C=CC2=C(CCC2Br)C1. The summed E-state index contributed by atoms with van der Waals surface area (Å²) >= 11 is 3.58. The number of hydrogen-bond donors (Lipinski definition) is 0. The van der Waals surface area contributed by atoms with Gasteiger partial charge in [-0.15, -0.1) is 0 Å². The molecule has 0 aromatic carbocycles. The zero-order valence-electron chi connectivity index (χ0n) is 6.14. The number of halogens is 1. The van der Waals surface area contributed by atoms with E-state index in [9.17, 15) is 4.79 Å². The van der Waals surface area contributed by atoms with E-state index in [1.807, 2.05) is 6.08 Å². The Bertz CT molecular complexity index is 263. The minimum Gasteiger partial charge on any atom is -0.294 e. The standard InChI is InChI=1S/C9H9BrO/c10-9-4-1-6-5-7(11)2-3-8(6)9/h2-3,9H,1,4-5H2. The molecule has 58 valence electrons. The van der Waals surface area contributed by atoms with E-state index in [0.29, 0.717) is 11.2 Å². The van der Waals surface area contributed by atoms with Gasteiger partial charge in [-0.05, 0) is 24.5 Å². The van der Waals surface area contributed by atoms with Crippen LogP contribution in [0.1, 0.15) is 19.3 Å². The van der Waals surface area contributed by atoms with Crippen molar-refractivity contribution < 1.29 is 4.79 Å². The number of rotatable bonds is 0. The summed E-state index contributed by atoms with van der Waals surface area (Å²) in [4.78, 5) is 11.5. The lowest BCUT2D eigenvalue weighted by molar-refractivity contribution is -0.114. The summed E-state index contributed by atoms with van der Waals surface area (Å²) in [5.74, 6) is 0.255.